The first kappa shape index (κ1) is 18.2. The Morgan fingerprint density at radius 1 is 1.03 bits per heavy atom. The Labute approximate surface area is 168 Å². The van der Waals surface area contributed by atoms with Crippen LogP contribution >= 0.6 is 0 Å². The predicted octanol–water partition coefficient (Wildman–Crippen LogP) is 3.24. The van der Waals surface area contributed by atoms with Crippen molar-refractivity contribution in [1.82, 2.24) is 4.90 Å². The molecule has 2 aromatic rings. The summed E-state index contributed by atoms with van der Waals surface area (Å²) in [6.07, 6.45) is 0.729. The number of likely N-dealkylation sites (tertiary alicyclic amines) is 1. The van der Waals surface area contributed by atoms with E-state index >= 15 is 0 Å². The minimum absolute atomic E-state index is 0.0173. The van der Waals surface area contributed by atoms with Crippen LogP contribution in [0.5, 0.6) is 0 Å². The van der Waals surface area contributed by atoms with Crippen molar-refractivity contribution in [2.75, 3.05) is 19.7 Å². The smallest absolute Gasteiger partial charge is 0.409 e. The number of carbonyl (C=O) groups excluding carboxylic acids is 1. The predicted molar refractivity (Wildman–Crippen MR) is 106 cm³/mol. The van der Waals surface area contributed by atoms with E-state index in [2.05, 4.69) is 24.3 Å². The SMILES string of the molecule is O=C(OCC1c2ccccc2-c2ccccc21)N1CCC2(C1)CC(O)(C(=O)O)C2. The number of hydrogen-bond acceptors (Lipinski definition) is 4. The van der Waals surface area contributed by atoms with Gasteiger partial charge in [0.15, 0.2) is 5.60 Å². The monoisotopic (exact) mass is 393 g/mol. The average molecular weight is 393 g/mol. The molecule has 3 aliphatic rings. The summed E-state index contributed by atoms with van der Waals surface area (Å²) in [7, 11) is 0. The molecule has 2 N–H and O–H groups in total. The van der Waals surface area contributed by atoms with Crippen LogP contribution in [0, 0.1) is 5.41 Å². The second kappa shape index (κ2) is 6.32. The summed E-state index contributed by atoms with van der Waals surface area (Å²) >= 11 is 0. The number of carboxylic acid groups (broad SMARTS) is 1. The number of carboxylic acids is 1. The number of carbonyl (C=O) groups is 2. The quantitative estimate of drug-likeness (QED) is 0.836. The molecule has 0 atom stereocenters. The first-order valence-corrected chi connectivity index (χ1v) is 9.97. The Morgan fingerprint density at radius 3 is 2.21 bits per heavy atom. The van der Waals surface area contributed by atoms with Crippen molar-refractivity contribution in [3.8, 4) is 11.1 Å². The zero-order valence-electron chi connectivity index (χ0n) is 16.0. The maximum absolute atomic E-state index is 12.7. The van der Waals surface area contributed by atoms with Gasteiger partial charge >= 0.3 is 12.1 Å². The lowest BCUT2D eigenvalue weighted by Crippen LogP contribution is -2.58. The van der Waals surface area contributed by atoms with Crippen molar-refractivity contribution in [2.24, 2.45) is 5.41 Å². The van der Waals surface area contributed by atoms with Crippen molar-refractivity contribution < 1.29 is 24.5 Å². The van der Waals surface area contributed by atoms with Crippen molar-refractivity contribution in [3.05, 3.63) is 59.7 Å². The van der Waals surface area contributed by atoms with E-state index in [9.17, 15) is 14.7 Å². The topological polar surface area (TPSA) is 87.1 Å². The maximum atomic E-state index is 12.7. The fourth-order valence-electron chi connectivity index (χ4n) is 5.41. The summed E-state index contributed by atoms with van der Waals surface area (Å²) in [5, 5.41) is 19.2. The Hall–Kier alpha value is -2.86. The summed E-state index contributed by atoms with van der Waals surface area (Å²) in [4.78, 5) is 25.5. The highest BCUT2D eigenvalue weighted by atomic mass is 16.6. The zero-order chi connectivity index (χ0) is 20.2. The van der Waals surface area contributed by atoms with Gasteiger partial charge in [0, 0.05) is 19.0 Å². The Morgan fingerprint density at radius 2 is 1.62 bits per heavy atom. The van der Waals surface area contributed by atoms with Crippen molar-refractivity contribution in [1.29, 1.82) is 0 Å². The number of rotatable bonds is 3. The second-order valence-electron chi connectivity index (χ2n) is 8.67. The third-order valence-corrected chi connectivity index (χ3v) is 6.77. The highest BCUT2D eigenvalue weighted by molar-refractivity contribution is 5.80. The first-order chi connectivity index (χ1) is 13.9. The van der Waals surface area contributed by atoms with E-state index < -0.39 is 11.6 Å². The van der Waals surface area contributed by atoms with Crippen LogP contribution in [-0.4, -0.2) is 52.5 Å². The number of fused-ring (bicyclic) bond motifs is 3. The fourth-order valence-corrected chi connectivity index (χ4v) is 5.41. The van der Waals surface area contributed by atoms with Crippen molar-refractivity contribution in [3.63, 3.8) is 0 Å². The summed E-state index contributed by atoms with van der Waals surface area (Å²) in [6, 6.07) is 16.4. The van der Waals surface area contributed by atoms with Gasteiger partial charge in [0.2, 0.25) is 0 Å². The summed E-state index contributed by atoms with van der Waals surface area (Å²) in [5.74, 6) is -1.16. The molecule has 1 spiro atoms. The molecule has 150 valence electrons. The van der Waals surface area contributed by atoms with Gasteiger partial charge in [-0.15, -0.1) is 0 Å². The Kier molecular flexibility index (Phi) is 3.96. The van der Waals surface area contributed by atoms with Gasteiger partial charge in [0.1, 0.15) is 6.61 Å². The molecule has 1 aliphatic heterocycles. The second-order valence-corrected chi connectivity index (χ2v) is 8.67. The highest BCUT2D eigenvalue weighted by Gasteiger charge is 2.61. The van der Waals surface area contributed by atoms with Crippen LogP contribution in [0.25, 0.3) is 11.1 Å². The number of aliphatic carboxylic acids is 1. The normalized spacial score (nSPS) is 27.4. The molecule has 1 saturated carbocycles. The molecule has 0 bridgehead atoms. The number of amides is 1. The lowest BCUT2D eigenvalue weighted by Gasteiger charge is -2.48. The van der Waals surface area contributed by atoms with Gasteiger partial charge in [0.25, 0.3) is 0 Å². The Balaban J connectivity index is 1.25. The molecule has 2 aromatic carbocycles. The number of nitrogens with zero attached hydrogens (tertiary/aromatic N) is 1. The van der Waals surface area contributed by atoms with Gasteiger partial charge in [-0.25, -0.2) is 9.59 Å². The number of ether oxygens (including phenoxy) is 1. The van der Waals surface area contributed by atoms with E-state index in [1.165, 1.54) is 22.3 Å². The van der Waals surface area contributed by atoms with E-state index in [0.717, 1.165) is 0 Å². The molecule has 1 heterocycles. The summed E-state index contributed by atoms with van der Waals surface area (Å²) < 4.78 is 5.69. The van der Waals surface area contributed by atoms with Gasteiger partial charge in [0.05, 0.1) is 0 Å². The Bertz CT molecular complexity index is 949. The van der Waals surface area contributed by atoms with E-state index in [-0.39, 0.29) is 36.9 Å². The molecule has 0 radical (unpaired) electrons. The molecule has 2 aliphatic carbocycles. The third-order valence-electron chi connectivity index (χ3n) is 6.77. The number of hydrogen-bond donors (Lipinski definition) is 2. The summed E-state index contributed by atoms with van der Waals surface area (Å²) in [6.45, 7) is 1.25. The van der Waals surface area contributed by atoms with Crippen LogP contribution in [0.2, 0.25) is 0 Å². The average Bonchev–Trinajstić information content (AvgIpc) is 3.26. The van der Waals surface area contributed by atoms with E-state index in [1.807, 2.05) is 24.3 Å². The van der Waals surface area contributed by atoms with Crippen LogP contribution in [-0.2, 0) is 9.53 Å². The van der Waals surface area contributed by atoms with Gasteiger partial charge < -0.3 is 19.8 Å². The summed E-state index contributed by atoms with van der Waals surface area (Å²) in [5.41, 5.74) is 2.78. The molecule has 5 rings (SSSR count). The van der Waals surface area contributed by atoms with Gasteiger partial charge in [-0.05, 0) is 46.9 Å². The molecule has 6 heteroatoms. The van der Waals surface area contributed by atoms with E-state index in [1.54, 1.807) is 4.90 Å². The zero-order valence-corrected chi connectivity index (χ0v) is 16.0. The number of aliphatic hydroxyl groups is 1. The van der Waals surface area contributed by atoms with Gasteiger partial charge in [-0.1, -0.05) is 48.5 Å². The third kappa shape index (κ3) is 2.82. The molecule has 2 fully saturated rings. The lowest BCUT2D eigenvalue weighted by atomic mass is 9.58. The van der Waals surface area contributed by atoms with Crippen molar-refractivity contribution >= 4 is 12.1 Å². The fraction of sp³-hybridized carbons (Fsp3) is 0.391. The van der Waals surface area contributed by atoms with E-state index in [4.69, 9.17) is 9.84 Å². The minimum atomic E-state index is -1.64. The maximum Gasteiger partial charge on any atom is 0.409 e. The molecule has 29 heavy (non-hydrogen) atoms. The van der Waals surface area contributed by atoms with Gasteiger partial charge in [-0.3, -0.25) is 0 Å². The molecule has 1 amide bonds. The van der Waals surface area contributed by atoms with E-state index in [0.29, 0.717) is 19.5 Å². The van der Waals surface area contributed by atoms with Crippen LogP contribution in [0.1, 0.15) is 36.3 Å². The van der Waals surface area contributed by atoms with Crippen LogP contribution < -0.4 is 0 Å². The number of benzene rings is 2. The van der Waals surface area contributed by atoms with Crippen LogP contribution in [0.4, 0.5) is 4.79 Å². The highest BCUT2D eigenvalue weighted by Crippen LogP contribution is 2.54. The molecule has 6 nitrogen and oxygen atoms in total. The lowest BCUT2D eigenvalue weighted by molar-refractivity contribution is -0.185. The largest absolute Gasteiger partial charge is 0.479 e. The van der Waals surface area contributed by atoms with Gasteiger partial charge in [-0.2, -0.15) is 0 Å². The molecule has 0 aromatic heterocycles. The first-order valence-electron chi connectivity index (χ1n) is 9.97. The minimum Gasteiger partial charge on any atom is -0.479 e. The van der Waals surface area contributed by atoms with Crippen molar-refractivity contribution in [2.45, 2.75) is 30.8 Å². The molecule has 0 unspecified atom stereocenters. The van der Waals surface area contributed by atoms with Crippen LogP contribution in [0.15, 0.2) is 48.5 Å². The van der Waals surface area contributed by atoms with Crippen LogP contribution in [0.3, 0.4) is 0 Å². The molecular weight excluding hydrogens is 370 g/mol. The standard InChI is InChI=1S/C23H23NO5/c25-20(26)23(28)12-22(13-23)9-10-24(14-22)21(27)29-11-19-17-7-3-1-5-15(17)16-6-2-4-8-18(16)19/h1-8,19,28H,9-14H2,(H,25,26). The molecule has 1 saturated heterocycles. The molecular formula is C23H23NO5.